The monoisotopic (exact) mass is 508 g/mol. The van der Waals surface area contributed by atoms with Gasteiger partial charge in [-0.25, -0.2) is 0 Å². The lowest BCUT2D eigenvalue weighted by atomic mass is 10.1. The van der Waals surface area contributed by atoms with Gasteiger partial charge in [-0.2, -0.15) is 38.3 Å². The molecular weight excluding hydrogens is 488 g/mol. The van der Waals surface area contributed by atoms with Crippen molar-refractivity contribution in [2.75, 3.05) is 33.6 Å². The third kappa shape index (κ3) is 6.07. The first-order valence-corrected chi connectivity index (χ1v) is 11.5. The van der Waals surface area contributed by atoms with E-state index in [9.17, 15) is 13.0 Å². The van der Waals surface area contributed by atoms with Crippen LogP contribution in [0.15, 0.2) is 47.4 Å². The van der Waals surface area contributed by atoms with Crippen molar-refractivity contribution in [2.24, 2.45) is 0 Å². The average molecular weight is 509 g/mol. The summed E-state index contributed by atoms with van der Waals surface area (Å²) in [5.41, 5.74) is 24.1. The second-order valence-electron chi connectivity index (χ2n) is 7.18. The molecule has 184 valence electrons. The van der Waals surface area contributed by atoms with Crippen LogP contribution in [0.5, 0.6) is 0 Å². The maximum atomic E-state index is 12.0. The topological polar surface area (TPSA) is 260 Å². The molecule has 2 heterocycles. The van der Waals surface area contributed by atoms with E-state index >= 15 is 0 Å². The molecule has 0 spiro atoms. The van der Waals surface area contributed by atoms with E-state index in [0.717, 1.165) is 5.56 Å². The summed E-state index contributed by atoms with van der Waals surface area (Å²) in [6, 6.07) is 11.3. The number of nitrogens with one attached hydrogen (secondary N) is 2. The van der Waals surface area contributed by atoms with Crippen LogP contribution in [-0.2, 0) is 10.1 Å². The fraction of sp³-hybridized carbons (Fsp3) is 0. The third-order valence-electron chi connectivity index (χ3n) is 4.51. The molecule has 11 N–H and O–H groups in total. The van der Waals surface area contributed by atoms with Crippen molar-refractivity contribution in [3.8, 4) is 0 Å². The second kappa shape index (κ2) is 9.65. The molecular formula is C20H20N12O3S. The van der Waals surface area contributed by atoms with Crippen LogP contribution in [0.4, 0.5) is 47.1 Å². The van der Waals surface area contributed by atoms with Crippen LogP contribution in [0.25, 0.3) is 12.2 Å². The number of nitrogens with zero attached hydrogens (tertiary/aromatic N) is 6. The SMILES string of the molecule is Nc1nc(N)nc(Nc2ccc(C=Cc3ccc(Nc4nc(N)nc(N)n4)cc3S(=O)(=O)O)cc2)n1. The van der Waals surface area contributed by atoms with Crippen LogP contribution in [0.3, 0.4) is 0 Å². The smallest absolute Gasteiger partial charge is 0.295 e. The number of benzene rings is 2. The largest absolute Gasteiger partial charge is 0.368 e. The highest BCUT2D eigenvalue weighted by Gasteiger charge is 2.16. The lowest BCUT2D eigenvalue weighted by Gasteiger charge is -2.09. The molecule has 0 aliphatic rings. The molecule has 0 unspecified atom stereocenters. The highest BCUT2D eigenvalue weighted by atomic mass is 32.2. The van der Waals surface area contributed by atoms with Crippen molar-refractivity contribution in [2.45, 2.75) is 4.90 Å². The Morgan fingerprint density at radius 2 is 1.14 bits per heavy atom. The molecule has 16 heteroatoms. The highest BCUT2D eigenvalue weighted by Crippen LogP contribution is 2.25. The quantitative estimate of drug-likeness (QED) is 0.137. The molecule has 0 atom stereocenters. The Kier molecular flexibility index (Phi) is 6.44. The molecule has 0 amide bonds. The van der Waals surface area contributed by atoms with Crippen LogP contribution < -0.4 is 33.6 Å². The molecule has 0 saturated heterocycles. The predicted molar refractivity (Wildman–Crippen MR) is 135 cm³/mol. The number of aromatic nitrogens is 6. The lowest BCUT2D eigenvalue weighted by Crippen LogP contribution is -2.07. The molecule has 0 aliphatic carbocycles. The average Bonchev–Trinajstić information content (AvgIpc) is 2.77. The van der Waals surface area contributed by atoms with Gasteiger partial charge in [0.1, 0.15) is 4.90 Å². The molecule has 0 aliphatic heterocycles. The normalized spacial score (nSPS) is 11.5. The first-order valence-electron chi connectivity index (χ1n) is 10.0. The molecule has 36 heavy (non-hydrogen) atoms. The number of nitrogen functional groups attached to an aromatic ring is 4. The Balaban J connectivity index is 1.54. The van der Waals surface area contributed by atoms with Crippen LogP contribution in [0.2, 0.25) is 0 Å². The predicted octanol–water partition coefficient (Wildman–Crippen LogP) is 1.29. The van der Waals surface area contributed by atoms with Gasteiger partial charge in [-0.05, 0) is 35.4 Å². The van der Waals surface area contributed by atoms with Crippen molar-refractivity contribution in [1.82, 2.24) is 29.9 Å². The van der Waals surface area contributed by atoms with Gasteiger partial charge in [0.15, 0.2) is 0 Å². The van der Waals surface area contributed by atoms with E-state index in [1.807, 2.05) is 0 Å². The van der Waals surface area contributed by atoms with Gasteiger partial charge in [-0.3, -0.25) is 4.55 Å². The molecule has 0 saturated carbocycles. The Morgan fingerprint density at radius 1 is 0.667 bits per heavy atom. The third-order valence-corrected chi connectivity index (χ3v) is 5.42. The Morgan fingerprint density at radius 3 is 1.64 bits per heavy atom. The van der Waals surface area contributed by atoms with E-state index in [1.165, 1.54) is 12.1 Å². The Bertz CT molecular complexity index is 1520. The van der Waals surface area contributed by atoms with Crippen LogP contribution in [0.1, 0.15) is 11.1 Å². The van der Waals surface area contributed by atoms with Crippen molar-refractivity contribution in [1.29, 1.82) is 0 Å². The summed E-state index contributed by atoms with van der Waals surface area (Å²) in [5.74, 6) is -0.0354. The van der Waals surface area contributed by atoms with Gasteiger partial charge >= 0.3 is 0 Å². The maximum absolute atomic E-state index is 12.0. The number of nitrogens with two attached hydrogens (primary N) is 4. The summed E-state index contributed by atoms with van der Waals surface area (Å²) in [6.45, 7) is 0. The van der Waals surface area contributed by atoms with Crippen molar-refractivity contribution >= 4 is 69.3 Å². The Labute approximate surface area is 204 Å². The molecule has 15 nitrogen and oxygen atoms in total. The van der Waals surface area contributed by atoms with Crippen molar-refractivity contribution < 1.29 is 13.0 Å². The second-order valence-corrected chi connectivity index (χ2v) is 8.57. The molecule has 2 aromatic heterocycles. The first-order chi connectivity index (χ1) is 17.0. The molecule has 2 aromatic carbocycles. The lowest BCUT2D eigenvalue weighted by molar-refractivity contribution is 0.483. The standard InChI is InChI=1S/C20H20N12O3S/c21-15-27-16(22)30-19(29-15)25-12-6-2-10(3-7-12)1-4-11-5-8-13(9-14(11)36(33,34)35)26-20-31-17(23)28-18(24)32-20/h1-9H,(H,33,34,35)(H5,21,22,25,27,29,30)(H5,23,24,26,28,31,32). The van der Waals surface area contributed by atoms with Gasteiger partial charge in [0, 0.05) is 11.4 Å². The minimum absolute atomic E-state index is 0.0121. The number of anilines is 8. The molecule has 0 radical (unpaired) electrons. The zero-order valence-electron chi connectivity index (χ0n) is 18.4. The summed E-state index contributed by atoms with van der Waals surface area (Å²) in [6.07, 6.45) is 3.22. The fourth-order valence-electron chi connectivity index (χ4n) is 3.03. The van der Waals surface area contributed by atoms with E-state index in [-0.39, 0.29) is 51.8 Å². The fourth-order valence-corrected chi connectivity index (χ4v) is 3.74. The molecule has 0 bridgehead atoms. The van der Waals surface area contributed by atoms with Crippen LogP contribution in [-0.4, -0.2) is 42.9 Å². The maximum Gasteiger partial charge on any atom is 0.295 e. The van der Waals surface area contributed by atoms with Crippen LogP contribution >= 0.6 is 0 Å². The Hall–Kier alpha value is -5.09. The number of rotatable bonds is 7. The van der Waals surface area contributed by atoms with E-state index in [0.29, 0.717) is 5.69 Å². The van der Waals surface area contributed by atoms with Gasteiger partial charge in [0.05, 0.1) is 0 Å². The van der Waals surface area contributed by atoms with E-state index in [4.69, 9.17) is 22.9 Å². The summed E-state index contributed by atoms with van der Waals surface area (Å²) in [4.78, 5) is 22.7. The van der Waals surface area contributed by atoms with E-state index < -0.39 is 10.1 Å². The summed E-state index contributed by atoms with van der Waals surface area (Å²) < 4.78 is 33.8. The van der Waals surface area contributed by atoms with E-state index in [2.05, 4.69) is 40.5 Å². The summed E-state index contributed by atoms with van der Waals surface area (Å²) in [5, 5.41) is 5.73. The minimum Gasteiger partial charge on any atom is -0.368 e. The van der Waals surface area contributed by atoms with Crippen molar-refractivity contribution in [3.63, 3.8) is 0 Å². The van der Waals surface area contributed by atoms with Crippen molar-refractivity contribution in [3.05, 3.63) is 53.6 Å². The van der Waals surface area contributed by atoms with E-state index in [1.54, 1.807) is 42.5 Å². The molecule has 0 fully saturated rings. The van der Waals surface area contributed by atoms with Gasteiger partial charge in [-0.15, -0.1) is 0 Å². The van der Waals surface area contributed by atoms with Gasteiger partial charge in [0.25, 0.3) is 10.1 Å². The highest BCUT2D eigenvalue weighted by molar-refractivity contribution is 7.86. The number of hydrogen-bond donors (Lipinski definition) is 7. The molecule has 4 rings (SSSR count). The number of hydrogen-bond acceptors (Lipinski definition) is 14. The minimum atomic E-state index is -4.56. The summed E-state index contributed by atoms with van der Waals surface area (Å²) in [7, 11) is -4.56. The molecule has 4 aromatic rings. The van der Waals surface area contributed by atoms with Gasteiger partial charge < -0.3 is 33.6 Å². The first kappa shape index (κ1) is 24.0. The zero-order chi connectivity index (χ0) is 25.9. The van der Waals surface area contributed by atoms with Crippen LogP contribution in [0, 0.1) is 0 Å². The van der Waals surface area contributed by atoms with Gasteiger partial charge in [-0.1, -0.05) is 30.4 Å². The summed E-state index contributed by atoms with van der Waals surface area (Å²) >= 11 is 0. The zero-order valence-corrected chi connectivity index (χ0v) is 19.2. The van der Waals surface area contributed by atoms with Gasteiger partial charge in [0.2, 0.25) is 35.7 Å².